The highest BCUT2D eigenvalue weighted by Gasteiger charge is 2.24. The van der Waals surface area contributed by atoms with E-state index in [2.05, 4.69) is 5.32 Å². The van der Waals surface area contributed by atoms with Gasteiger partial charge >= 0.3 is 5.97 Å². The fraction of sp³-hybridized carbons (Fsp3) is 0.154. The number of nitrogens with zero attached hydrogens (tertiary/aromatic N) is 1. The van der Waals surface area contributed by atoms with Crippen LogP contribution in [0.5, 0.6) is 11.5 Å². The summed E-state index contributed by atoms with van der Waals surface area (Å²) < 4.78 is 43.8. The monoisotopic (exact) mass is 540 g/mol. The number of sulfonamides is 1. The molecule has 0 fully saturated rings. The Morgan fingerprint density at radius 1 is 0.892 bits per heavy atom. The fourth-order valence-corrected chi connectivity index (χ4v) is 5.82. The number of methoxy groups -OCH3 is 3. The summed E-state index contributed by atoms with van der Waals surface area (Å²) in [4.78, 5) is 25.4. The van der Waals surface area contributed by atoms with E-state index in [1.165, 1.54) is 57.9 Å². The molecule has 1 N–H and O–H groups in total. The van der Waals surface area contributed by atoms with E-state index in [0.717, 1.165) is 9.01 Å². The van der Waals surface area contributed by atoms with E-state index in [4.69, 9.17) is 14.2 Å². The maximum Gasteiger partial charge on any atom is 0.339 e. The molecule has 0 spiro atoms. The minimum atomic E-state index is -3.91. The summed E-state index contributed by atoms with van der Waals surface area (Å²) in [5, 5.41) is 3.45. The molecule has 0 saturated carbocycles. The van der Waals surface area contributed by atoms with E-state index in [0.29, 0.717) is 33.1 Å². The molecule has 0 aliphatic carbocycles. The molecule has 1 aromatic heterocycles. The van der Waals surface area contributed by atoms with Gasteiger partial charge in [-0.2, -0.15) is 0 Å². The van der Waals surface area contributed by atoms with Gasteiger partial charge in [-0.25, -0.2) is 13.2 Å². The molecule has 0 atom stereocenters. The molecule has 0 saturated heterocycles. The lowest BCUT2D eigenvalue weighted by Crippen LogP contribution is -2.26. The van der Waals surface area contributed by atoms with E-state index in [9.17, 15) is 18.0 Å². The number of anilines is 2. The molecule has 0 aliphatic heterocycles. The average molecular weight is 541 g/mol. The number of carbonyl (C=O) groups is 2. The van der Waals surface area contributed by atoms with Crippen LogP contribution in [0.1, 0.15) is 20.0 Å². The number of benzene rings is 3. The van der Waals surface area contributed by atoms with Gasteiger partial charge in [-0.15, -0.1) is 11.3 Å². The molecule has 4 aromatic rings. The molecular formula is C26H24N2O7S2. The molecule has 192 valence electrons. The summed E-state index contributed by atoms with van der Waals surface area (Å²) in [6, 6.07) is 17.7. The summed E-state index contributed by atoms with van der Waals surface area (Å²) in [6.45, 7) is 0. The summed E-state index contributed by atoms with van der Waals surface area (Å²) in [6.07, 6.45) is 0. The molecule has 1 amide bonds. The SMILES string of the molecule is COC(=O)c1ccccc1NC(=O)c1cc2cc(N(C)S(=O)(=O)c3ccc(OC)c(OC)c3)ccc2s1. The fourth-order valence-electron chi connectivity index (χ4n) is 3.68. The van der Waals surface area contributed by atoms with Gasteiger partial charge in [0.1, 0.15) is 0 Å². The van der Waals surface area contributed by atoms with Crippen LogP contribution < -0.4 is 19.1 Å². The number of nitrogens with one attached hydrogen (secondary N) is 1. The van der Waals surface area contributed by atoms with Gasteiger partial charge in [0.2, 0.25) is 0 Å². The molecule has 0 radical (unpaired) electrons. The Hall–Kier alpha value is -4.09. The third-order valence-corrected chi connectivity index (χ3v) is 8.58. The number of ether oxygens (including phenoxy) is 3. The highest BCUT2D eigenvalue weighted by Crippen LogP contribution is 2.34. The molecule has 9 nitrogen and oxygen atoms in total. The Balaban J connectivity index is 1.61. The van der Waals surface area contributed by atoms with Crippen LogP contribution in [-0.4, -0.2) is 48.7 Å². The number of esters is 1. The third kappa shape index (κ3) is 5.09. The second-order valence-electron chi connectivity index (χ2n) is 7.81. The van der Waals surface area contributed by atoms with Crippen molar-refractivity contribution in [2.45, 2.75) is 4.90 Å². The quantitative estimate of drug-likeness (QED) is 0.320. The average Bonchev–Trinajstić information content (AvgIpc) is 3.35. The van der Waals surface area contributed by atoms with Crippen LogP contribution in [0.4, 0.5) is 11.4 Å². The highest BCUT2D eigenvalue weighted by atomic mass is 32.2. The topological polar surface area (TPSA) is 111 Å². The minimum absolute atomic E-state index is 0.0439. The Bertz CT molecular complexity index is 1600. The van der Waals surface area contributed by atoms with Crippen molar-refractivity contribution in [3.8, 4) is 11.5 Å². The first-order valence-electron chi connectivity index (χ1n) is 10.9. The molecule has 0 bridgehead atoms. The van der Waals surface area contributed by atoms with Crippen molar-refractivity contribution >= 4 is 54.7 Å². The van der Waals surface area contributed by atoms with E-state index >= 15 is 0 Å². The molecule has 0 aliphatic rings. The Morgan fingerprint density at radius 2 is 1.62 bits per heavy atom. The molecule has 37 heavy (non-hydrogen) atoms. The van der Waals surface area contributed by atoms with E-state index in [1.54, 1.807) is 48.5 Å². The molecule has 1 heterocycles. The van der Waals surface area contributed by atoms with Gasteiger partial charge in [0, 0.05) is 17.8 Å². The highest BCUT2D eigenvalue weighted by molar-refractivity contribution is 7.92. The second kappa shape index (κ2) is 10.5. The van der Waals surface area contributed by atoms with Crippen LogP contribution in [0.25, 0.3) is 10.1 Å². The van der Waals surface area contributed by atoms with Crippen molar-refractivity contribution in [3.05, 3.63) is 77.2 Å². The number of fused-ring (bicyclic) bond motifs is 1. The number of thiophene rings is 1. The first kappa shape index (κ1) is 26.0. The van der Waals surface area contributed by atoms with Crippen molar-refractivity contribution in [1.29, 1.82) is 0 Å². The lowest BCUT2D eigenvalue weighted by molar-refractivity contribution is 0.0602. The summed E-state index contributed by atoms with van der Waals surface area (Å²) in [5.41, 5.74) is 0.991. The standard InChI is InChI=1S/C26H24N2O7S2/c1-28(37(31,32)18-10-11-21(33-2)22(15-18)34-3)17-9-12-23-16(13-17)14-24(36-23)25(29)27-20-8-6-5-7-19(20)26(30)35-4/h5-15H,1-4H3,(H,27,29). The molecule has 0 unspecified atom stereocenters. The Morgan fingerprint density at radius 3 is 2.32 bits per heavy atom. The lowest BCUT2D eigenvalue weighted by Gasteiger charge is -2.20. The number of amides is 1. The van der Waals surface area contributed by atoms with Crippen LogP contribution in [-0.2, 0) is 14.8 Å². The second-order valence-corrected chi connectivity index (χ2v) is 10.9. The normalized spacial score (nSPS) is 11.1. The minimum Gasteiger partial charge on any atom is -0.493 e. The third-order valence-electron chi connectivity index (χ3n) is 5.68. The maximum absolute atomic E-state index is 13.3. The van der Waals surface area contributed by atoms with Crippen molar-refractivity contribution in [1.82, 2.24) is 0 Å². The molecule has 3 aromatic carbocycles. The molecular weight excluding hydrogens is 516 g/mol. The zero-order valence-electron chi connectivity index (χ0n) is 20.5. The van der Waals surface area contributed by atoms with Gasteiger partial charge in [-0.05, 0) is 53.9 Å². The maximum atomic E-state index is 13.3. The van der Waals surface area contributed by atoms with Crippen LogP contribution in [0.2, 0.25) is 0 Å². The van der Waals surface area contributed by atoms with Gasteiger partial charge in [-0.3, -0.25) is 9.10 Å². The summed E-state index contributed by atoms with van der Waals surface area (Å²) in [7, 11) is 1.73. The van der Waals surface area contributed by atoms with Gasteiger partial charge in [0.15, 0.2) is 11.5 Å². The zero-order chi connectivity index (χ0) is 26.7. The summed E-state index contributed by atoms with van der Waals surface area (Å²) >= 11 is 1.25. The van der Waals surface area contributed by atoms with Gasteiger partial charge in [0.05, 0.1) is 48.0 Å². The largest absolute Gasteiger partial charge is 0.493 e. The first-order valence-corrected chi connectivity index (χ1v) is 13.2. The predicted octanol–water partition coefficient (Wildman–Crippen LogP) is 4.78. The number of para-hydroxylation sites is 1. The van der Waals surface area contributed by atoms with Crippen molar-refractivity contribution in [2.75, 3.05) is 38.0 Å². The van der Waals surface area contributed by atoms with Gasteiger partial charge < -0.3 is 19.5 Å². The van der Waals surface area contributed by atoms with Crippen molar-refractivity contribution < 1.29 is 32.2 Å². The van der Waals surface area contributed by atoms with E-state index in [1.807, 2.05) is 0 Å². The number of hydrogen-bond acceptors (Lipinski definition) is 8. The molecule has 11 heteroatoms. The van der Waals surface area contributed by atoms with Crippen LogP contribution in [0.15, 0.2) is 71.6 Å². The predicted molar refractivity (Wildman–Crippen MR) is 143 cm³/mol. The van der Waals surface area contributed by atoms with Crippen LogP contribution in [0.3, 0.4) is 0 Å². The van der Waals surface area contributed by atoms with Crippen LogP contribution >= 0.6 is 11.3 Å². The lowest BCUT2D eigenvalue weighted by atomic mass is 10.1. The zero-order valence-corrected chi connectivity index (χ0v) is 22.1. The Kier molecular flexibility index (Phi) is 7.37. The first-order chi connectivity index (χ1) is 17.7. The van der Waals surface area contributed by atoms with Crippen molar-refractivity contribution in [3.63, 3.8) is 0 Å². The Labute approximate surface area is 218 Å². The molecule has 4 rings (SSSR count). The van der Waals surface area contributed by atoms with Gasteiger partial charge in [0.25, 0.3) is 15.9 Å². The number of carbonyl (C=O) groups excluding carboxylic acids is 2. The summed E-state index contributed by atoms with van der Waals surface area (Å²) in [5.74, 6) is -0.237. The number of hydrogen-bond donors (Lipinski definition) is 1. The van der Waals surface area contributed by atoms with Crippen molar-refractivity contribution in [2.24, 2.45) is 0 Å². The van der Waals surface area contributed by atoms with E-state index < -0.39 is 21.9 Å². The van der Waals surface area contributed by atoms with Crippen LogP contribution in [0, 0.1) is 0 Å². The number of rotatable bonds is 8. The van der Waals surface area contributed by atoms with E-state index in [-0.39, 0.29) is 10.5 Å². The smallest absolute Gasteiger partial charge is 0.339 e. The van der Waals surface area contributed by atoms with Gasteiger partial charge in [-0.1, -0.05) is 12.1 Å².